The standard InChI is InChI=1S/C41H64N2O5S/c1-14-27(7)22-43(33(13)29(9)15-2)23-28(8)24-47-34-16-17-35(30(10)19-34)40(44)39-36-21-37(42-49(45,46)26(5)6)31(11)20-38(36)48-41(39)32(12)18-25(3)4/h16-17,19-21,25-29,32-33,42H,14-15,18,22-24H2,1-13H3/i16D,19D,20D,21D. The van der Waals surface area contributed by atoms with E-state index in [-0.39, 0.29) is 81.0 Å². The summed E-state index contributed by atoms with van der Waals surface area (Å²) in [7, 11) is -3.89. The normalized spacial score (nSPS) is 16.7. The Labute approximate surface area is 303 Å². The number of sulfonamides is 1. The molecule has 7 nitrogen and oxygen atoms in total. The molecule has 3 aromatic rings. The Morgan fingerprint density at radius 3 is 2.18 bits per heavy atom. The molecule has 0 spiro atoms. The Hall–Kier alpha value is -2.84. The van der Waals surface area contributed by atoms with Crippen molar-refractivity contribution in [2.75, 3.05) is 24.4 Å². The van der Waals surface area contributed by atoms with Gasteiger partial charge in [0.05, 0.1) is 28.6 Å². The predicted molar refractivity (Wildman–Crippen MR) is 206 cm³/mol. The number of ketones is 1. The molecule has 0 amide bonds. The summed E-state index contributed by atoms with van der Waals surface area (Å²) in [6.45, 7) is 27.7. The van der Waals surface area contributed by atoms with Crippen LogP contribution in [-0.2, 0) is 10.0 Å². The molecule has 0 saturated carbocycles. The third kappa shape index (κ3) is 10.3. The second-order valence-electron chi connectivity index (χ2n) is 15.1. The second-order valence-corrected chi connectivity index (χ2v) is 17.4. The third-order valence-corrected chi connectivity index (χ3v) is 11.6. The van der Waals surface area contributed by atoms with Crippen molar-refractivity contribution in [3.8, 4) is 5.75 Å². The van der Waals surface area contributed by atoms with Gasteiger partial charge in [0, 0.05) is 41.9 Å². The predicted octanol–water partition coefficient (Wildman–Crippen LogP) is 10.4. The zero-order valence-electron chi connectivity index (χ0n) is 36.3. The zero-order chi connectivity index (χ0) is 40.3. The Bertz CT molecular complexity index is 1870. The maximum absolute atomic E-state index is 14.7. The minimum Gasteiger partial charge on any atom is -0.493 e. The lowest BCUT2D eigenvalue weighted by molar-refractivity contribution is 0.103. The van der Waals surface area contributed by atoms with Crippen molar-refractivity contribution in [2.24, 2.45) is 23.7 Å². The number of carbonyl (C=O) groups excluding carboxylic acids is 1. The molecule has 0 bridgehead atoms. The van der Waals surface area contributed by atoms with E-state index in [1.54, 1.807) is 13.8 Å². The van der Waals surface area contributed by atoms with Gasteiger partial charge in [-0.1, -0.05) is 68.2 Å². The number of anilines is 1. The number of nitrogens with zero attached hydrogens (tertiary/aromatic N) is 1. The molecule has 49 heavy (non-hydrogen) atoms. The van der Waals surface area contributed by atoms with E-state index < -0.39 is 21.1 Å². The molecule has 1 N–H and O–H groups in total. The molecule has 1 heterocycles. The van der Waals surface area contributed by atoms with Crippen LogP contribution in [0.3, 0.4) is 0 Å². The average molecular weight is 701 g/mol. The quantitative estimate of drug-likeness (QED) is 0.125. The molecule has 8 heteroatoms. The molecule has 5 unspecified atom stereocenters. The van der Waals surface area contributed by atoms with Gasteiger partial charge in [-0.3, -0.25) is 14.4 Å². The zero-order valence-corrected chi connectivity index (χ0v) is 33.1. The summed E-state index contributed by atoms with van der Waals surface area (Å²) in [5.41, 5.74) is 0.639. The first-order chi connectivity index (χ1) is 24.6. The maximum atomic E-state index is 14.7. The van der Waals surface area contributed by atoms with E-state index in [1.165, 1.54) is 19.9 Å². The van der Waals surface area contributed by atoms with E-state index >= 15 is 0 Å². The van der Waals surface area contributed by atoms with Gasteiger partial charge in [-0.25, -0.2) is 8.42 Å². The third-order valence-electron chi connectivity index (χ3n) is 9.87. The largest absolute Gasteiger partial charge is 0.493 e. The highest BCUT2D eigenvalue weighted by Gasteiger charge is 2.29. The highest BCUT2D eigenvalue weighted by molar-refractivity contribution is 7.93. The van der Waals surface area contributed by atoms with Crippen LogP contribution < -0.4 is 9.46 Å². The Kier molecular flexibility index (Phi) is 12.3. The lowest BCUT2D eigenvalue weighted by atomic mass is 9.89. The number of carbonyl (C=O) groups is 1. The summed E-state index contributed by atoms with van der Waals surface area (Å²) in [5.74, 6) is 1.02. The fourth-order valence-electron chi connectivity index (χ4n) is 6.14. The summed E-state index contributed by atoms with van der Waals surface area (Å²) in [4.78, 5) is 17.2. The van der Waals surface area contributed by atoms with E-state index in [9.17, 15) is 14.6 Å². The Morgan fingerprint density at radius 1 is 0.939 bits per heavy atom. The molecule has 0 saturated heterocycles. The van der Waals surface area contributed by atoms with Gasteiger partial charge in [0.1, 0.15) is 17.1 Å². The molecule has 274 valence electrons. The highest BCUT2D eigenvalue weighted by atomic mass is 32.2. The number of ether oxygens (including phenoxy) is 1. The molecule has 1 aromatic heterocycles. The summed E-state index contributed by atoms with van der Waals surface area (Å²) in [6.07, 6.45) is 2.84. The van der Waals surface area contributed by atoms with Crippen LogP contribution in [0, 0.1) is 37.5 Å². The number of fused-ring (bicyclic) bond motifs is 1. The number of benzene rings is 2. The van der Waals surface area contributed by atoms with Gasteiger partial charge in [0.15, 0.2) is 5.78 Å². The molecule has 0 radical (unpaired) electrons. The smallest absolute Gasteiger partial charge is 0.235 e. The van der Waals surface area contributed by atoms with Crippen molar-refractivity contribution in [1.82, 2.24) is 4.90 Å². The van der Waals surface area contributed by atoms with E-state index in [4.69, 9.17) is 13.3 Å². The van der Waals surface area contributed by atoms with Gasteiger partial charge in [0.2, 0.25) is 10.0 Å². The SMILES string of the molecule is [2H]c1cc(C(=O)c2c(C(C)CC(C)C)oc3c([2H])c(C)c(NS(=O)(=O)C(C)C)c([2H])c23)c(C)c([2H])c1OCC(C)CN(CC(C)CC)C(C)C(C)CC. The van der Waals surface area contributed by atoms with Crippen molar-refractivity contribution in [3.05, 3.63) is 58.3 Å². The first-order valence-corrected chi connectivity index (χ1v) is 19.7. The summed E-state index contributed by atoms with van der Waals surface area (Å²) in [5, 5.41) is -0.759. The van der Waals surface area contributed by atoms with Gasteiger partial charge in [-0.15, -0.1) is 0 Å². The van der Waals surface area contributed by atoms with E-state index in [0.29, 0.717) is 42.2 Å². The van der Waals surface area contributed by atoms with Gasteiger partial charge in [0.25, 0.3) is 0 Å². The fraction of sp³-hybridized carbons (Fsp3) is 0.634. The van der Waals surface area contributed by atoms with Crippen LogP contribution in [0.1, 0.15) is 140 Å². The molecule has 5 atom stereocenters. The van der Waals surface area contributed by atoms with Crippen molar-refractivity contribution in [1.29, 1.82) is 0 Å². The average Bonchev–Trinajstić information content (AvgIpc) is 3.50. The van der Waals surface area contributed by atoms with E-state index in [2.05, 4.69) is 51.2 Å². The molecular formula is C41H64N2O5S. The van der Waals surface area contributed by atoms with Crippen LogP contribution in [0.4, 0.5) is 5.69 Å². The van der Waals surface area contributed by atoms with E-state index in [1.807, 2.05) is 20.8 Å². The Morgan fingerprint density at radius 2 is 1.59 bits per heavy atom. The van der Waals surface area contributed by atoms with Crippen molar-refractivity contribution >= 4 is 32.5 Å². The topological polar surface area (TPSA) is 88.8 Å². The van der Waals surface area contributed by atoms with Gasteiger partial charge >= 0.3 is 0 Å². The van der Waals surface area contributed by atoms with Crippen LogP contribution in [0.15, 0.2) is 34.7 Å². The van der Waals surface area contributed by atoms with Crippen molar-refractivity contribution < 1.29 is 27.8 Å². The molecule has 0 aliphatic carbocycles. The number of hydrogen-bond donors (Lipinski definition) is 1. The molecule has 0 aliphatic heterocycles. The fourth-order valence-corrected chi connectivity index (χ4v) is 6.86. The van der Waals surface area contributed by atoms with Gasteiger partial charge in [-0.05, 0) is 100 Å². The van der Waals surface area contributed by atoms with E-state index in [0.717, 1.165) is 25.9 Å². The van der Waals surface area contributed by atoms with Crippen LogP contribution >= 0.6 is 0 Å². The van der Waals surface area contributed by atoms with Gasteiger partial charge < -0.3 is 9.15 Å². The minimum absolute atomic E-state index is 0.0303. The van der Waals surface area contributed by atoms with Crippen LogP contribution in [0.25, 0.3) is 11.0 Å². The number of rotatable bonds is 19. The summed E-state index contributed by atoms with van der Waals surface area (Å²) >= 11 is 0. The lowest BCUT2D eigenvalue weighted by Gasteiger charge is -2.36. The molecule has 0 aliphatic rings. The van der Waals surface area contributed by atoms with Crippen molar-refractivity contribution in [2.45, 2.75) is 126 Å². The highest BCUT2D eigenvalue weighted by Crippen LogP contribution is 2.38. The van der Waals surface area contributed by atoms with Gasteiger partial charge in [-0.2, -0.15) is 0 Å². The first-order valence-electron chi connectivity index (χ1n) is 20.2. The van der Waals surface area contributed by atoms with Crippen LogP contribution in [-0.4, -0.2) is 50.1 Å². The number of nitrogens with one attached hydrogen (secondary N) is 1. The monoisotopic (exact) mass is 700 g/mol. The Balaban J connectivity index is 2.11. The first kappa shape index (κ1) is 34.6. The summed E-state index contributed by atoms with van der Waals surface area (Å²) in [6, 6.07) is 1.27. The molecule has 3 rings (SSSR count). The second kappa shape index (κ2) is 17.4. The number of hydrogen-bond acceptors (Lipinski definition) is 6. The number of furan rings is 1. The maximum Gasteiger partial charge on any atom is 0.235 e. The molecule has 0 fully saturated rings. The lowest BCUT2D eigenvalue weighted by Crippen LogP contribution is -2.43. The summed E-state index contributed by atoms with van der Waals surface area (Å²) < 4.78 is 77.0. The van der Waals surface area contributed by atoms with Crippen molar-refractivity contribution in [3.63, 3.8) is 0 Å². The molecular weight excluding hydrogens is 633 g/mol. The van der Waals surface area contributed by atoms with Crippen LogP contribution in [0.5, 0.6) is 5.75 Å². The minimum atomic E-state index is -3.89. The molecule has 2 aromatic carbocycles. The van der Waals surface area contributed by atoms with Crippen LogP contribution in [0.2, 0.25) is 0 Å².